The van der Waals surface area contributed by atoms with Gasteiger partial charge in [-0.25, -0.2) is 0 Å². The maximum atomic E-state index is 9.26. The fraction of sp³-hybridized carbons (Fsp3) is 0.429. The Morgan fingerprint density at radius 2 is 1.76 bits per heavy atom. The Bertz CT molecular complexity index is 427. The summed E-state index contributed by atoms with van der Waals surface area (Å²) in [6.45, 7) is 1.42. The van der Waals surface area contributed by atoms with Gasteiger partial charge in [0.25, 0.3) is 0 Å². The molecule has 0 unspecified atom stereocenters. The van der Waals surface area contributed by atoms with E-state index in [1.807, 2.05) is 12.1 Å². The van der Waals surface area contributed by atoms with E-state index < -0.39 is 0 Å². The highest BCUT2D eigenvalue weighted by Gasteiger charge is 2.37. The highest BCUT2D eigenvalue weighted by molar-refractivity contribution is 5.67. The standard InChI is InChI=1S/C14H16O3/c15-13-3-1-11(2-4-13)12-5-7-14(8-6-12)16-9-10-17-14/h1-5,15H,6-10H2. The van der Waals surface area contributed by atoms with Gasteiger partial charge in [-0.3, -0.25) is 0 Å². The fourth-order valence-electron chi connectivity index (χ4n) is 2.50. The van der Waals surface area contributed by atoms with Gasteiger partial charge in [0.05, 0.1) is 13.2 Å². The van der Waals surface area contributed by atoms with Gasteiger partial charge in [0.2, 0.25) is 0 Å². The normalized spacial score (nSPS) is 22.7. The van der Waals surface area contributed by atoms with Crippen molar-refractivity contribution < 1.29 is 14.6 Å². The molecular formula is C14H16O3. The van der Waals surface area contributed by atoms with Crippen molar-refractivity contribution in [2.75, 3.05) is 13.2 Å². The van der Waals surface area contributed by atoms with Crippen LogP contribution in [0.3, 0.4) is 0 Å². The molecule has 1 aliphatic heterocycles. The third-order valence-electron chi connectivity index (χ3n) is 3.49. The summed E-state index contributed by atoms with van der Waals surface area (Å²) in [5, 5.41) is 9.26. The monoisotopic (exact) mass is 232 g/mol. The Balaban J connectivity index is 1.78. The van der Waals surface area contributed by atoms with Crippen molar-refractivity contribution in [2.24, 2.45) is 0 Å². The summed E-state index contributed by atoms with van der Waals surface area (Å²) >= 11 is 0. The average molecular weight is 232 g/mol. The summed E-state index contributed by atoms with van der Waals surface area (Å²) in [5.74, 6) is -0.0375. The highest BCUT2D eigenvalue weighted by Crippen LogP contribution is 2.38. The summed E-state index contributed by atoms with van der Waals surface area (Å²) < 4.78 is 11.4. The SMILES string of the molecule is Oc1ccc(C2=CCC3(CC2)OCCO3)cc1. The van der Waals surface area contributed by atoms with Gasteiger partial charge < -0.3 is 14.6 Å². The fourth-order valence-corrected chi connectivity index (χ4v) is 2.50. The Labute approximate surface area is 101 Å². The Morgan fingerprint density at radius 3 is 2.35 bits per heavy atom. The first-order valence-corrected chi connectivity index (χ1v) is 6.04. The molecule has 1 heterocycles. The van der Waals surface area contributed by atoms with Crippen LogP contribution in [0.25, 0.3) is 5.57 Å². The minimum Gasteiger partial charge on any atom is -0.508 e. The van der Waals surface area contributed by atoms with Crippen molar-refractivity contribution in [1.29, 1.82) is 0 Å². The minimum absolute atomic E-state index is 0.309. The van der Waals surface area contributed by atoms with Crippen LogP contribution in [0.1, 0.15) is 24.8 Å². The first-order chi connectivity index (χ1) is 8.27. The molecule has 1 saturated heterocycles. The van der Waals surface area contributed by atoms with Gasteiger partial charge in [-0.15, -0.1) is 0 Å². The van der Waals surface area contributed by atoms with Crippen molar-refractivity contribution in [3.8, 4) is 5.75 Å². The van der Waals surface area contributed by atoms with E-state index in [1.54, 1.807) is 12.1 Å². The number of aromatic hydroxyl groups is 1. The number of ether oxygens (including phenoxy) is 2. The zero-order chi connectivity index (χ0) is 11.7. The smallest absolute Gasteiger partial charge is 0.172 e. The number of allylic oxidation sites excluding steroid dienone is 1. The Kier molecular flexibility index (Phi) is 2.65. The molecule has 1 aromatic rings. The molecule has 1 N–H and O–H groups in total. The summed E-state index contributed by atoms with van der Waals surface area (Å²) in [5.41, 5.74) is 2.49. The second-order valence-corrected chi connectivity index (χ2v) is 4.59. The van der Waals surface area contributed by atoms with E-state index in [0.717, 1.165) is 19.3 Å². The molecule has 0 saturated carbocycles. The van der Waals surface area contributed by atoms with Crippen molar-refractivity contribution >= 4 is 5.57 Å². The van der Waals surface area contributed by atoms with Gasteiger partial charge in [0, 0.05) is 12.8 Å². The van der Waals surface area contributed by atoms with Crippen LogP contribution in [-0.4, -0.2) is 24.1 Å². The predicted molar refractivity (Wildman–Crippen MR) is 64.6 cm³/mol. The number of rotatable bonds is 1. The van der Waals surface area contributed by atoms with Crippen molar-refractivity contribution in [3.63, 3.8) is 0 Å². The highest BCUT2D eigenvalue weighted by atomic mass is 16.7. The Hall–Kier alpha value is -1.32. The first-order valence-electron chi connectivity index (χ1n) is 6.04. The number of benzene rings is 1. The Morgan fingerprint density at radius 1 is 1.06 bits per heavy atom. The van der Waals surface area contributed by atoms with E-state index in [4.69, 9.17) is 9.47 Å². The first kappa shape index (κ1) is 10.8. The molecule has 1 aliphatic carbocycles. The molecule has 0 bridgehead atoms. The zero-order valence-electron chi connectivity index (χ0n) is 9.69. The van der Waals surface area contributed by atoms with E-state index in [0.29, 0.717) is 19.0 Å². The van der Waals surface area contributed by atoms with Crippen LogP contribution in [0.15, 0.2) is 30.3 Å². The van der Waals surface area contributed by atoms with Crippen LogP contribution in [0, 0.1) is 0 Å². The molecule has 90 valence electrons. The molecule has 17 heavy (non-hydrogen) atoms. The molecule has 3 nitrogen and oxygen atoms in total. The number of phenols is 1. The molecule has 0 amide bonds. The van der Waals surface area contributed by atoms with Crippen LogP contribution < -0.4 is 0 Å². The molecular weight excluding hydrogens is 216 g/mol. The molecule has 1 spiro atoms. The summed E-state index contributed by atoms with van der Waals surface area (Å²) in [6.07, 6.45) is 4.90. The van der Waals surface area contributed by atoms with Crippen LogP contribution in [0.2, 0.25) is 0 Å². The largest absolute Gasteiger partial charge is 0.508 e. The van der Waals surface area contributed by atoms with Crippen LogP contribution in [0.5, 0.6) is 5.75 Å². The maximum Gasteiger partial charge on any atom is 0.172 e. The molecule has 1 fully saturated rings. The lowest BCUT2D eigenvalue weighted by Gasteiger charge is -2.30. The lowest BCUT2D eigenvalue weighted by atomic mass is 9.90. The van der Waals surface area contributed by atoms with Crippen molar-refractivity contribution in [3.05, 3.63) is 35.9 Å². The summed E-state index contributed by atoms with van der Waals surface area (Å²) in [6, 6.07) is 7.36. The van der Waals surface area contributed by atoms with Gasteiger partial charge >= 0.3 is 0 Å². The lowest BCUT2D eigenvalue weighted by molar-refractivity contribution is -0.159. The third-order valence-corrected chi connectivity index (χ3v) is 3.49. The maximum absolute atomic E-state index is 9.26. The topological polar surface area (TPSA) is 38.7 Å². The molecule has 0 aromatic heterocycles. The summed E-state index contributed by atoms with van der Waals surface area (Å²) in [7, 11) is 0. The van der Waals surface area contributed by atoms with Gasteiger partial charge in [0.1, 0.15) is 5.75 Å². The molecule has 3 rings (SSSR count). The van der Waals surface area contributed by atoms with Crippen molar-refractivity contribution in [1.82, 2.24) is 0 Å². The van der Waals surface area contributed by atoms with Crippen LogP contribution in [-0.2, 0) is 9.47 Å². The molecule has 2 aliphatic rings. The summed E-state index contributed by atoms with van der Waals surface area (Å²) in [4.78, 5) is 0. The number of hydrogen-bond acceptors (Lipinski definition) is 3. The van der Waals surface area contributed by atoms with E-state index in [2.05, 4.69) is 6.08 Å². The van der Waals surface area contributed by atoms with Gasteiger partial charge in [-0.1, -0.05) is 18.2 Å². The second kappa shape index (κ2) is 4.17. The second-order valence-electron chi connectivity index (χ2n) is 4.59. The van der Waals surface area contributed by atoms with Gasteiger partial charge in [0.15, 0.2) is 5.79 Å². The minimum atomic E-state index is -0.347. The van der Waals surface area contributed by atoms with E-state index in [1.165, 1.54) is 11.1 Å². The third kappa shape index (κ3) is 2.08. The average Bonchev–Trinajstić information content (AvgIpc) is 2.80. The predicted octanol–water partition coefficient (Wildman–Crippen LogP) is 2.70. The molecule has 0 atom stereocenters. The zero-order valence-corrected chi connectivity index (χ0v) is 9.69. The molecule has 1 aromatic carbocycles. The molecule has 0 radical (unpaired) electrons. The van der Waals surface area contributed by atoms with E-state index in [9.17, 15) is 5.11 Å². The lowest BCUT2D eigenvalue weighted by Crippen LogP contribution is -2.31. The van der Waals surface area contributed by atoms with Gasteiger partial charge in [-0.05, 0) is 29.7 Å². The van der Waals surface area contributed by atoms with Crippen LogP contribution >= 0.6 is 0 Å². The quantitative estimate of drug-likeness (QED) is 0.809. The van der Waals surface area contributed by atoms with E-state index >= 15 is 0 Å². The number of phenolic OH excluding ortho intramolecular Hbond substituents is 1. The van der Waals surface area contributed by atoms with Gasteiger partial charge in [-0.2, -0.15) is 0 Å². The van der Waals surface area contributed by atoms with E-state index in [-0.39, 0.29) is 5.79 Å². The number of hydrogen-bond donors (Lipinski definition) is 1. The van der Waals surface area contributed by atoms with Crippen molar-refractivity contribution in [2.45, 2.75) is 25.0 Å². The molecule has 3 heteroatoms. The van der Waals surface area contributed by atoms with Crippen LogP contribution in [0.4, 0.5) is 0 Å².